The molecule has 2 bridgehead atoms. The quantitative estimate of drug-likeness (QED) is 0.576. The minimum absolute atomic E-state index is 0.0112. The molecule has 0 radical (unpaired) electrons. The predicted octanol–water partition coefficient (Wildman–Crippen LogP) is 2.38. The summed E-state index contributed by atoms with van der Waals surface area (Å²) in [5.74, 6) is -0.0725. The van der Waals surface area contributed by atoms with Crippen LogP contribution in [0.3, 0.4) is 0 Å². The molecule has 0 aromatic rings. The maximum atomic E-state index is 11.7. The smallest absolute Gasteiger partial charge is 0.333 e. The summed E-state index contributed by atoms with van der Waals surface area (Å²) in [7, 11) is 0. The second kappa shape index (κ2) is 6.03. The van der Waals surface area contributed by atoms with Gasteiger partial charge in [-0.15, -0.1) is 0 Å². The third kappa shape index (κ3) is 2.91. The van der Waals surface area contributed by atoms with Gasteiger partial charge in [0.25, 0.3) is 0 Å². The van der Waals surface area contributed by atoms with E-state index in [1.807, 2.05) is 6.92 Å². The van der Waals surface area contributed by atoms with Crippen molar-refractivity contribution in [2.45, 2.75) is 70.4 Å². The van der Waals surface area contributed by atoms with E-state index >= 15 is 0 Å². The summed E-state index contributed by atoms with van der Waals surface area (Å²) in [4.78, 5) is 23.4. The highest BCUT2D eigenvalue weighted by Crippen LogP contribution is 2.44. The zero-order valence-electron chi connectivity index (χ0n) is 13.2. The van der Waals surface area contributed by atoms with Gasteiger partial charge in [0, 0.05) is 12.0 Å². The summed E-state index contributed by atoms with van der Waals surface area (Å²) in [6.07, 6.45) is 4.09. The van der Waals surface area contributed by atoms with E-state index in [9.17, 15) is 9.59 Å². The average Bonchev–Trinajstić information content (AvgIpc) is 3.12. The van der Waals surface area contributed by atoms with Crippen LogP contribution in [-0.2, 0) is 23.8 Å². The summed E-state index contributed by atoms with van der Waals surface area (Å²) < 4.78 is 16.9. The first-order valence-electron chi connectivity index (χ1n) is 8.20. The molecule has 6 atom stereocenters. The highest BCUT2D eigenvalue weighted by molar-refractivity contribution is 5.87. The van der Waals surface area contributed by atoms with Crippen molar-refractivity contribution in [2.75, 3.05) is 0 Å². The topological polar surface area (TPSA) is 61.8 Å². The molecule has 0 aromatic heterocycles. The van der Waals surface area contributed by atoms with Gasteiger partial charge in [-0.25, -0.2) is 4.79 Å². The molecule has 3 heterocycles. The van der Waals surface area contributed by atoms with Gasteiger partial charge < -0.3 is 14.2 Å². The van der Waals surface area contributed by atoms with Crippen LogP contribution in [0.2, 0.25) is 0 Å². The van der Waals surface area contributed by atoms with E-state index in [1.54, 1.807) is 6.92 Å². The van der Waals surface area contributed by atoms with E-state index in [-0.39, 0.29) is 42.3 Å². The molecular weight excluding hydrogens is 284 g/mol. The van der Waals surface area contributed by atoms with E-state index in [0.29, 0.717) is 11.5 Å². The van der Waals surface area contributed by atoms with Gasteiger partial charge in [0.2, 0.25) is 0 Å². The number of carbonyl (C=O) groups is 2. The number of carbonyl (C=O) groups excluding carboxylic acids is 2. The van der Waals surface area contributed by atoms with Crippen LogP contribution in [0.1, 0.15) is 46.0 Å². The SMILES string of the molecule is C=C(C)C(=O)OC1CC2CC(CC3CC(CC)C(=O)O3)C1O2. The van der Waals surface area contributed by atoms with E-state index in [2.05, 4.69) is 6.58 Å². The molecule has 3 rings (SSSR count). The summed E-state index contributed by atoms with van der Waals surface area (Å²) in [6.45, 7) is 7.28. The second-order valence-corrected chi connectivity index (χ2v) is 6.81. The highest BCUT2D eigenvalue weighted by Gasteiger charge is 2.50. The molecule has 0 N–H and O–H groups in total. The largest absolute Gasteiger partial charge is 0.462 e. The fourth-order valence-corrected chi connectivity index (χ4v) is 3.92. The Balaban J connectivity index is 1.56. The van der Waals surface area contributed by atoms with Crippen molar-refractivity contribution >= 4 is 11.9 Å². The van der Waals surface area contributed by atoms with Crippen molar-refractivity contribution in [3.63, 3.8) is 0 Å². The van der Waals surface area contributed by atoms with Crippen LogP contribution in [0.15, 0.2) is 12.2 Å². The van der Waals surface area contributed by atoms with Crippen LogP contribution in [-0.4, -0.2) is 36.4 Å². The summed E-state index contributed by atoms with van der Waals surface area (Å²) in [5.41, 5.74) is 0.412. The first kappa shape index (κ1) is 15.5. The molecule has 3 aliphatic rings. The number of hydrogen-bond donors (Lipinski definition) is 0. The Kier molecular flexibility index (Phi) is 4.26. The Morgan fingerprint density at radius 2 is 2.14 bits per heavy atom. The van der Waals surface area contributed by atoms with Crippen LogP contribution in [0.4, 0.5) is 0 Å². The maximum Gasteiger partial charge on any atom is 0.333 e. The molecule has 0 aliphatic carbocycles. The van der Waals surface area contributed by atoms with Crippen LogP contribution in [0.5, 0.6) is 0 Å². The Morgan fingerprint density at radius 3 is 2.73 bits per heavy atom. The van der Waals surface area contributed by atoms with Gasteiger partial charge in [-0.1, -0.05) is 13.5 Å². The van der Waals surface area contributed by atoms with Crippen molar-refractivity contribution in [3.05, 3.63) is 12.2 Å². The molecule has 0 saturated carbocycles. The lowest BCUT2D eigenvalue weighted by Crippen LogP contribution is -2.36. The van der Waals surface area contributed by atoms with Crippen molar-refractivity contribution in [3.8, 4) is 0 Å². The third-order valence-electron chi connectivity index (χ3n) is 5.07. The van der Waals surface area contributed by atoms with Gasteiger partial charge in [0.05, 0.1) is 18.1 Å². The number of ether oxygens (including phenoxy) is 3. The first-order chi connectivity index (χ1) is 10.5. The van der Waals surface area contributed by atoms with Crippen LogP contribution >= 0.6 is 0 Å². The molecule has 0 amide bonds. The molecule has 3 saturated heterocycles. The predicted molar refractivity (Wildman–Crippen MR) is 79.0 cm³/mol. The van der Waals surface area contributed by atoms with E-state index in [0.717, 1.165) is 32.1 Å². The lowest BCUT2D eigenvalue weighted by Gasteiger charge is -2.27. The normalized spacial score (nSPS) is 39.8. The number of cyclic esters (lactones) is 1. The van der Waals surface area contributed by atoms with Crippen LogP contribution in [0, 0.1) is 11.8 Å². The van der Waals surface area contributed by atoms with Crippen molar-refractivity contribution in [1.29, 1.82) is 0 Å². The number of hydrogen-bond acceptors (Lipinski definition) is 5. The molecule has 22 heavy (non-hydrogen) atoms. The van der Waals surface area contributed by atoms with Gasteiger partial charge in [-0.05, 0) is 38.5 Å². The van der Waals surface area contributed by atoms with Crippen molar-refractivity contribution in [2.24, 2.45) is 11.8 Å². The Hall–Kier alpha value is -1.36. The molecule has 6 unspecified atom stereocenters. The van der Waals surface area contributed by atoms with E-state index < -0.39 is 0 Å². The molecule has 0 spiro atoms. The standard InChI is InChI=1S/C17H24O5/c1-4-10-5-12(21-17(10)19)6-11-7-13-8-14(15(11)20-13)22-16(18)9(2)3/h10-15H,2,4-8H2,1,3H3. The molecular formula is C17H24O5. The molecule has 3 fully saturated rings. The first-order valence-corrected chi connectivity index (χ1v) is 8.20. The number of esters is 2. The maximum absolute atomic E-state index is 11.7. The molecule has 5 nitrogen and oxygen atoms in total. The second-order valence-electron chi connectivity index (χ2n) is 6.81. The molecule has 0 aromatic carbocycles. The molecule has 5 heteroatoms. The summed E-state index contributed by atoms with van der Waals surface area (Å²) >= 11 is 0. The third-order valence-corrected chi connectivity index (χ3v) is 5.07. The fraction of sp³-hybridized carbons (Fsp3) is 0.765. The zero-order valence-corrected chi connectivity index (χ0v) is 13.2. The monoisotopic (exact) mass is 308 g/mol. The molecule has 122 valence electrons. The Morgan fingerprint density at radius 1 is 1.36 bits per heavy atom. The lowest BCUT2D eigenvalue weighted by molar-refractivity contribution is -0.148. The minimum atomic E-state index is -0.349. The summed E-state index contributed by atoms with van der Waals surface area (Å²) in [5, 5.41) is 0. The van der Waals surface area contributed by atoms with Crippen molar-refractivity contribution in [1.82, 2.24) is 0 Å². The zero-order chi connectivity index (χ0) is 15.9. The van der Waals surface area contributed by atoms with Gasteiger partial charge in [0.1, 0.15) is 12.2 Å². The van der Waals surface area contributed by atoms with Gasteiger partial charge in [-0.3, -0.25) is 4.79 Å². The van der Waals surface area contributed by atoms with Gasteiger partial charge >= 0.3 is 11.9 Å². The van der Waals surface area contributed by atoms with Crippen LogP contribution in [0.25, 0.3) is 0 Å². The van der Waals surface area contributed by atoms with Crippen molar-refractivity contribution < 1.29 is 23.8 Å². The molecule has 3 aliphatic heterocycles. The lowest BCUT2D eigenvalue weighted by atomic mass is 9.82. The van der Waals surface area contributed by atoms with Gasteiger partial charge in [0.15, 0.2) is 0 Å². The highest BCUT2D eigenvalue weighted by atomic mass is 16.6. The van der Waals surface area contributed by atoms with Gasteiger partial charge in [-0.2, -0.15) is 0 Å². The van der Waals surface area contributed by atoms with Crippen LogP contribution < -0.4 is 0 Å². The number of rotatable bonds is 5. The van der Waals surface area contributed by atoms with E-state index in [1.165, 1.54) is 0 Å². The summed E-state index contributed by atoms with van der Waals surface area (Å²) in [6, 6.07) is 0. The van der Waals surface area contributed by atoms with E-state index in [4.69, 9.17) is 14.2 Å². The average molecular weight is 308 g/mol. The Bertz CT molecular complexity index is 485. The fourth-order valence-electron chi connectivity index (χ4n) is 3.92. The minimum Gasteiger partial charge on any atom is -0.462 e. The number of fused-ring (bicyclic) bond motifs is 2. The Labute approximate surface area is 131 Å².